The van der Waals surface area contributed by atoms with Gasteiger partial charge in [-0.25, -0.2) is 9.07 Å². The molecule has 1 N–H and O–H groups in total. The van der Waals surface area contributed by atoms with Gasteiger partial charge in [-0.1, -0.05) is 5.10 Å². The highest BCUT2D eigenvalue weighted by Crippen LogP contribution is 2.40. The summed E-state index contributed by atoms with van der Waals surface area (Å²) < 4.78 is 65.7. The Morgan fingerprint density at radius 2 is 1.86 bits per heavy atom. The van der Waals surface area contributed by atoms with Gasteiger partial charge in [-0.15, -0.1) is 10.2 Å². The fourth-order valence-electron chi connectivity index (χ4n) is 4.84. The van der Waals surface area contributed by atoms with E-state index in [1.165, 1.54) is 4.68 Å². The summed E-state index contributed by atoms with van der Waals surface area (Å²) in [6.07, 6.45) is -2.79. The minimum absolute atomic E-state index is 0.0216. The average Bonchev–Trinajstić information content (AvgIpc) is 3.45. The third-order valence-corrected chi connectivity index (χ3v) is 6.46. The lowest BCUT2D eigenvalue weighted by Gasteiger charge is -2.37. The number of alkyl halides is 3. The first-order chi connectivity index (χ1) is 16.6. The second-order valence-corrected chi connectivity index (χ2v) is 9.27. The van der Waals surface area contributed by atoms with E-state index < -0.39 is 17.6 Å². The molecule has 13 heteroatoms. The predicted octanol–water partition coefficient (Wildman–Crippen LogP) is 4.83. The molecular weight excluding hydrogens is 470 g/mol. The van der Waals surface area contributed by atoms with Crippen molar-refractivity contribution in [3.63, 3.8) is 0 Å². The lowest BCUT2D eigenvalue weighted by Crippen LogP contribution is -2.48. The Morgan fingerprint density at radius 3 is 2.46 bits per heavy atom. The monoisotopic (exact) mass is 495 g/mol. The van der Waals surface area contributed by atoms with Gasteiger partial charge in [0.25, 0.3) is 0 Å². The molecule has 1 aliphatic carbocycles. The molecule has 0 spiro atoms. The zero-order valence-electron chi connectivity index (χ0n) is 19.4. The van der Waals surface area contributed by atoms with Crippen LogP contribution in [0.5, 0.6) is 11.8 Å². The number of rotatable bonds is 6. The van der Waals surface area contributed by atoms with Gasteiger partial charge < -0.3 is 19.4 Å². The minimum atomic E-state index is -4.84. The van der Waals surface area contributed by atoms with Gasteiger partial charge in [0.2, 0.25) is 11.8 Å². The maximum absolute atomic E-state index is 13.7. The number of aryl methyl sites for hydroxylation is 1. The van der Waals surface area contributed by atoms with Crippen LogP contribution >= 0.6 is 0 Å². The van der Waals surface area contributed by atoms with Crippen molar-refractivity contribution in [1.82, 2.24) is 25.0 Å². The standard InChI is InChI=1S/C22H25F4N7O2/c1-11(2)33-20(35-15-6-7-17(23)16(8-15)22(24,25)26)28-19(31-33)27-18-13-4-5-14(18)10-32(9-13)21-30-29-12(3)34-21/h6-8,11,13-14,18H,4-5,9-10H2,1-3H3,(H,27,31)/t13-,14+,18-. The Hall–Kier alpha value is -3.38. The molecule has 188 valence electrons. The van der Waals surface area contributed by atoms with Crippen LogP contribution in [0.15, 0.2) is 22.6 Å². The Labute approximate surface area is 198 Å². The largest absolute Gasteiger partial charge is 0.424 e. The van der Waals surface area contributed by atoms with Gasteiger partial charge in [-0.3, -0.25) is 0 Å². The molecule has 1 aliphatic heterocycles. The molecule has 3 atom stereocenters. The second kappa shape index (κ2) is 8.68. The molecule has 2 bridgehead atoms. The Morgan fingerprint density at radius 1 is 1.14 bits per heavy atom. The van der Waals surface area contributed by atoms with Crippen molar-refractivity contribution in [2.45, 2.75) is 51.9 Å². The van der Waals surface area contributed by atoms with Crippen LogP contribution in [0.1, 0.15) is 44.2 Å². The summed E-state index contributed by atoms with van der Waals surface area (Å²) in [5.41, 5.74) is -1.40. The number of nitrogens with one attached hydrogen (secondary N) is 1. The Balaban J connectivity index is 1.34. The van der Waals surface area contributed by atoms with E-state index in [0.717, 1.165) is 38.1 Å². The topological polar surface area (TPSA) is 94.1 Å². The number of hydrogen-bond acceptors (Lipinski definition) is 8. The highest BCUT2D eigenvalue weighted by Gasteiger charge is 2.44. The van der Waals surface area contributed by atoms with E-state index in [0.29, 0.717) is 35.8 Å². The molecule has 0 unspecified atom stereocenters. The molecule has 1 aromatic carbocycles. The lowest BCUT2D eigenvalue weighted by molar-refractivity contribution is -0.140. The smallest absolute Gasteiger partial charge is 0.419 e. The van der Waals surface area contributed by atoms with Gasteiger partial charge in [-0.05, 0) is 56.7 Å². The van der Waals surface area contributed by atoms with Crippen LogP contribution < -0.4 is 15.0 Å². The molecule has 1 saturated carbocycles. The van der Waals surface area contributed by atoms with E-state index in [1.54, 1.807) is 6.92 Å². The normalized spacial score (nSPS) is 22.2. The summed E-state index contributed by atoms with van der Waals surface area (Å²) in [4.78, 5) is 6.50. The molecule has 9 nitrogen and oxygen atoms in total. The van der Waals surface area contributed by atoms with Crippen LogP contribution in [-0.2, 0) is 6.18 Å². The summed E-state index contributed by atoms with van der Waals surface area (Å²) in [5.74, 6) is -0.0775. The first-order valence-corrected chi connectivity index (χ1v) is 11.4. The predicted molar refractivity (Wildman–Crippen MR) is 117 cm³/mol. The van der Waals surface area contributed by atoms with Crippen molar-refractivity contribution in [2.75, 3.05) is 23.3 Å². The highest BCUT2D eigenvalue weighted by molar-refractivity contribution is 5.36. The summed E-state index contributed by atoms with van der Waals surface area (Å²) in [6, 6.07) is 2.97. The third kappa shape index (κ3) is 4.63. The average molecular weight is 495 g/mol. The maximum Gasteiger partial charge on any atom is 0.419 e. The van der Waals surface area contributed by atoms with Crippen LogP contribution in [0.2, 0.25) is 0 Å². The number of nitrogens with zero attached hydrogens (tertiary/aromatic N) is 6. The van der Waals surface area contributed by atoms with Crippen LogP contribution in [0.25, 0.3) is 0 Å². The number of piperidine rings is 1. The van der Waals surface area contributed by atoms with Gasteiger partial charge >= 0.3 is 18.2 Å². The van der Waals surface area contributed by atoms with Crippen molar-refractivity contribution in [1.29, 1.82) is 0 Å². The minimum Gasteiger partial charge on any atom is -0.424 e. The van der Waals surface area contributed by atoms with Crippen molar-refractivity contribution in [3.05, 3.63) is 35.5 Å². The SMILES string of the molecule is Cc1nnc(N2C[C@H]3CC[C@@H](C2)[C@@H]3Nc2nc(Oc3ccc(F)c(C(F)(F)F)c3)n(C(C)C)n2)o1. The van der Waals surface area contributed by atoms with Gasteiger partial charge in [0, 0.05) is 26.1 Å². The molecule has 5 rings (SSSR count). The zero-order valence-corrected chi connectivity index (χ0v) is 19.4. The van der Waals surface area contributed by atoms with Crippen molar-refractivity contribution < 1.29 is 26.7 Å². The quantitative estimate of drug-likeness (QED) is 0.486. The molecule has 0 radical (unpaired) electrons. The van der Waals surface area contributed by atoms with Crippen LogP contribution in [0, 0.1) is 24.6 Å². The number of aromatic nitrogens is 5. The highest BCUT2D eigenvalue weighted by atomic mass is 19.4. The second-order valence-electron chi connectivity index (χ2n) is 9.27. The van der Waals surface area contributed by atoms with Crippen molar-refractivity contribution in [2.24, 2.45) is 11.8 Å². The zero-order chi connectivity index (χ0) is 24.9. The van der Waals surface area contributed by atoms with E-state index in [9.17, 15) is 17.6 Å². The molecule has 2 aromatic heterocycles. The van der Waals surface area contributed by atoms with Crippen LogP contribution in [0.4, 0.5) is 29.5 Å². The van der Waals surface area contributed by atoms with Crippen molar-refractivity contribution >= 4 is 12.0 Å². The summed E-state index contributed by atoms with van der Waals surface area (Å²) >= 11 is 0. The first kappa shape index (κ1) is 23.4. The fraction of sp³-hybridized carbons (Fsp3) is 0.545. The lowest BCUT2D eigenvalue weighted by atomic mass is 9.92. The van der Waals surface area contributed by atoms with Gasteiger partial charge in [0.1, 0.15) is 11.6 Å². The summed E-state index contributed by atoms with van der Waals surface area (Å²) in [7, 11) is 0. The van der Waals surface area contributed by atoms with Gasteiger partial charge in [-0.2, -0.15) is 18.2 Å². The van der Waals surface area contributed by atoms with Crippen LogP contribution in [-0.4, -0.2) is 44.1 Å². The molecule has 2 fully saturated rings. The van der Waals surface area contributed by atoms with Crippen LogP contribution in [0.3, 0.4) is 0 Å². The van der Waals surface area contributed by atoms with E-state index in [4.69, 9.17) is 9.15 Å². The number of hydrogen-bond donors (Lipinski definition) is 1. The number of ether oxygens (including phenoxy) is 1. The molecule has 3 aromatic rings. The van der Waals surface area contributed by atoms with Gasteiger partial charge in [0.15, 0.2) is 0 Å². The summed E-state index contributed by atoms with van der Waals surface area (Å²) in [5, 5.41) is 15.9. The molecule has 35 heavy (non-hydrogen) atoms. The maximum atomic E-state index is 13.7. The number of anilines is 2. The molecule has 3 heterocycles. The van der Waals surface area contributed by atoms with E-state index in [1.807, 2.05) is 13.8 Å². The van der Waals surface area contributed by atoms with E-state index in [2.05, 4.69) is 30.5 Å². The number of halogens is 4. The first-order valence-electron chi connectivity index (χ1n) is 11.4. The molecule has 1 saturated heterocycles. The number of benzene rings is 1. The van der Waals surface area contributed by atoms with E-state index >= 15 is 0 Å². The molecule has 0 amide bonds. The van der Waals surface area contributed by atoms with Crippen molar-refractivity contribution in [3.8, 4) is 11.8 Å². The number of fused-ring (bicyclic) bond motifs is 2. The summed E-state index contributed by atoms with van der Waals surface area (Å²) in [6.45, 7) is 6.96. The van der Waals surface area contributed by atoms with Gasteiger partial charge in [0.05, 0.1) is 11.6 Å². The third-order valence-electron chi connectivity index (χ3n) is 6.46. The van der Waals surface area contributed by atoms with E-state index in [-0.39, 0.29) is 23.8 Å². The Kier molecular flexibility index (Phi) is 5.80. The molecule has 2 aliphatic rings. The Bertz CT molecular complexity index is 1190. The molecular formula is C22H25F4N7O2. The fourth-order valence-corrected chi connectivity index (χ4v) is 4.84.